The number of hydrogen-bond donors (Lipinski definition) is 1. The number of aryl methyl sites for hydroxylation is 1. The maximum absolute atomic E-state index is 13.3. The Balaban J connectivity index is 1.46. The van der Waals surface area contributed by atoms with Crippen molar-refractivity contribution in [2.75, 3.05) is 5.32 Å². The van der Waals surface area contributed by atoms with Gasteiger partial charge in [0.25, 0.3) is 0 Å². The standard InChI is InChI=1S/C24H16FN5S/c1-14-23-18(13-30(29-23)17-9-7-16(25)8-10-17)24(28-27-14)15-6-11-22-20(12-15)26-19-4-2-3-5-21(19)31-22/h2-13,26H,1H3. The highest BCUT2D eigenvalue weighted by Gasteiger charge is 2.18. The molecule has 0 fully saturated rings. The van der Waals surface area contributed by atoms with Crippen LogP contribution in [0.2, 0.25) is 0 Å². The fraction of sp³-hybridized carbons (Fsp3) is 0.0417. The van der Waals surface area contributed by atoms with Crippen molar-refractivity contribution in [1.29, 1.82) is 0 Å². The van der Waals surface area contributed by atoms with Gasteiger partial charge in [-0.15, -0.1) is 5.10 Å². The molecule has 1 aliphatic rings. The molecule has 0 saturated carbocycles. The van der Waals surface area contributed by atoms with Gasteiger partial charge in [0.1, 0.15) is 17.0 Å². The smallest absolute Gasteiger partial charge is 0.123 e. The number of fused-ring (bicyclic) bond motifs is 3. The lowest BCUT2D eigenvalue weighted by molar-refractivity contribution is 0.627. The second kappa shape index (κ2) is 6.92. The van der Waals surface area contributed by atoms with Crippen molar-refractivity contribution in [3.63, 3.8) is 0 Å². The Hall–Kier alpha value is -3.71. The van der Waals surface area contributed by atoms with Gasteiger partial charge in [0.2, 0.25) is 0 Å². The van der Waals surface area contributed by atoms with Crippen molar-refractivity contribution in [3.8, 4) is 16.9 Å². The number of halogens is 1. The van der Waals surface area contributed by atoms with Crippen LogP contribution in [0, 0.1) is 12.7 Å². The van der Waals surface area contributed by atoms with E-state index in [1.54, 1.807) is 28.6 Å². The Morgan fingerprint density at radius 1 is 0.903 bits per heavy atom. The molecule has 0 unspecified atom stereocenters. The minimum atomic E-state index is -0.276. The highest BCUT2D eigenvalue weighted by molar-refractivity contribution is 7.99. The Morgan fingerprint density at radius 3 is 2.58 bits per heavy atom. The van der Waals surface area contributed by atoms with Crippen molar-refractivity contribution < 1.29 is 4.39 Å². The fourth-order valence-electron chi connectivity index (χ4n) is 3.77. The predicted molar refractivity (Wildman–Crippen MR) is 121 cm³/mol. The number of anilines is 2. The van der Waals surface area contributed by atoms with Crippen LogP contribution in [0.5, 0.6) is 0 Å². The molecule has 1 N–H and O–H groups in total. The van der Waals surface area contributed by atoms with E-state index in [4.69, 9.17) is 0 Å². The van der Waals surface area contributed by atoms with Crippen LogP contribution in [0.15, 0.2) is 82.7 Å². The fourth-order valence-corrected chi connectivity index (χ4v) is 4.73. The Bertz CT molecular complexity index is 1460. The molecule has 5 nitrogen and oxygen atoms in total. The second-order valence-electron chi connectivity index (χ2n) is 7.38. The van der Waals surface area contributed by atoms with Crippen LogP contribution in [0.1, 0.15) is 5.69 Å². The van der Waals surface area contributed by atoms with Crippen LogP contribution in [0.4, 0.5) is 15.8 Å². The first-order valence-electron chi connectivity index (χ1n) is 9.83. The molecule has 150 valence electrons. The molecule has 3 heterocycles. The van der Waals surface area contributed by atoms with E-state index in [1.807, 2.05) is 25.3 Å². The van der Waals surface area contributed by atoms with Gasteiger partial charge in [-0.1, -0.05) is 30.0 Å². The molecule has 0 bridgehead atoms. The quantitative estimate of drug-likeness (QED) is 0.361. The topological polar surface area (TPSA) is 55.6 Å². The average molecular weight is 425 g/mol. The zero-order valence-electron chi connectivity index (χ0n) is 16.5. The summed E-state index contributed by atoms with van der Waals surface area (Å²) in [5.74, 6) is -0.276. The Kier molecular flexibility index (Phi) is 4.04. The number of benzene rings is 3. The first-order valence-corrected chi connectivity index (χ1v) is 10.6. The molecular formula is C24H16FN5S. The molecule has 0 aliphatic carbocycles. The maximum atomic E-state index is 13.3. The van der Waals surface area contributed by atoms with Gasteiger partial charge in [0, 0.05) is 21.6 Å². The summed E-state index contributed by atoms with van der Waals surface area (Å²) in [6.45, 7) is 1.89. The number of para-hydroxylation sites is 1. The molecule has 1 aliphatic heterocycles. The molecule has 0 atom stereocenters. The van der Waals surface area contributed by atoms with Crippen molar-refractivity contribution in [3.05, 3.63) is 84.4 Å². The van der Waals surface area contributed by atoms with E-state index >= 15 is 0 Å². The zero-order chi connectivity index (χ0) is 20.9. The molecule has 3 aromatic carbocycles. The maximum Gasteiger partial charge on any atom is 0.123 e. The van der Waals surface area contributed by atoms with Crippen molar-refractivity contribution in [2.24, 2.45) is 0 Å². The number of hydrogen-bond acceptors (Lipinski definition) is 5. The normalized spacial score (nSPS) is 12.3. The minimum Gasteiger partial charge on any atom is -0.354 e. The SMILES string of the molecule is Cc1nnc(-c2ccc3c(c2)Nc2ccccc2S3)c2cn(-c3ccc(F)cc3)nc12. The van der Waals surface area contributed by atoms with Gasteiger partial charge in [0.15, 0.2) is 0 Å². The van der Waals surface area contributed by atoms with Gasteiger partial charge >= 0.3 is 0 Å². The van der Waals surface area contributed by atoms with E-state index in [2.05, 4.69) is 50.9 Å². The van der Waals surface area contributed by atoms with Gasteiger partial charge in [-0.3, -0.25) is 0 Å². The van der Waals surface area contributed by atoms with Gasteiger partial charge in [-0.05, 0) is 55.5 Å². The van der Waals surface area contributed by atoms with Crippen molar-refractivity contribution >= 4 is 34.0 Å². The highest BCUT2D eigenvalue weighted by atomic mass is 32.2. The molecule has 6 rings (SSSR count). The molecule has 0 amide bonds. The van der Waals surface area contributed by atoms with Crippen LogP contribution >= 0.6 is 11.8 Å². The summed E-state index contributed by atoms with van der Waals surface area (Å²) in [5, 5.41) is 17.9. The van der Waals surface area contributed by atoms with E-state index < -0.39 is 0 Å². The zero-order valence-corrected chi connectivity index (χ0v) is 17.3. The molecular weight excluding hydrogens is 409 g/mol. The molecule has 0 saturated heterocycles. The predicted octanol–water partition coefficient (Wildman–Crippen LogP) is 6.14. The minimum absolute atomic E-state index is 0.276. The Labute approximate surface area is 181 Å². The number of nitrogens with one attached hydrogen (secondary N) is 1. The van der Waals surface area contributed by atoms with Gasteiger partial charge in [-0.25, -0.2) is 9.07 Å². The third-order valence-corrected chi connectivity index (χ3v) is 6.48. The van der Waals surface area contributed by atoms with Crippen LogP contribution in [0.25, 0.3) is 27.8 Å². The summed E-state index contributed by atoms with van der Waals surface area (Å²) in [5.41, 5.74) is 6.18. The van der Waals surface area contributed by atoms with Gasteiger partial charge in [-0.2, -0.15) is 10.2 Å². The molecule has 5 aromatic rings. The Morgan fingerprint density at radius 2 is 1.71 bits per heavy atom. The number of aromatic nitrogens is 4. The van der Waals surface area contributed by atoms with Crippen LogP contribution in [-0.2, 0) is 0 Å². The van der Waals surface area contributed by atoms with Crippen LogP contribution < -0.4 is 5.32 Å². The third-order valence-electron chi connectivity index (χ3n) is 5.33. The number of nitrogens with zero attached hydrogens (tertiary/aromatic N) is 4. The first kappa shape index (κ1) is 18.1. The molecule has 31 heavy (non-hydrogen) atoms. The van der Waals surface area contributed by atoms with E-state index in [-0.39, 0.29) is 5.82 Å². The molecule has 0 spiro atoms. The van der Waals surface area contributed by atoms with E-state index in [9.17, 15) is 4.39 Å². The lowest BCUT2D eigenvalue weighted by atomic mass is 10.1. The monoisotopic (exact) mass is 425 g/mol. The van der Waals surface area contributed by atoms with E-state index in [0.29, 0.717) is 0 Å². The molecule has 7 heteroatoms. The summed E-state index contributed by atoms with van der Waals surface area (Å²) in [4.78, 5) is 2.38. The van der Waals surface area contributed by atoms with Crippen molar-refractivity contribution in [2.45, 2.75) is 16.7 Å². The summed E-state index contributed by atoms with van der Waals surface area (Å²) >= 11 is 1.75. The molecule has 2 aromatic heterocycles. The van der Waals surface area contributed by atoms with Gasteiger partial charge < -0.3 is 5.32 Å². The summed E-state index contributed by atoms with van der Waals surface area (Å²) in [6, 6.07) is 20.8. The van der Waals surface area contributed by atoms with E-state index in [0.717, 1.165) is 44.9 Å². The summed E-state index contributed by atoms with van der Waals surface area (Å²) in [6.07, 6.45) is 1.93. The lowest BCUT2D eigenvalue weighted by Gasteiger charge is -2.21. The first-order chi connectivity index (χ1) is 15.2. The van der Waals surface area contributed by atoms with Gasteiger partial charge in [0.05, 0.1) is 28.1 Å². The van der Waals surface area contributed by atoms with Crippen molar-refractivity contribution in [1.82, 2.24) is 20.0 Å². The second-order valence-corrected chi connectivity index (χ2v) is 8.46. The number of rotatable bonds is 2. The highest BCUT2D eigenvalue weighted by Crippen LogP contribution is 2.45. The summed E-state index contributed by atoms with van der Waals surface area (Å²) in [7, 11) is 0. The summed E-state index contributed by atoms with van der Waals surface area (Å²) < 4.78 is 15.1. The largest absolute Gasteiger partial charge is 0.354 e. The van der Waals surface area contributed by atoms with Crippen LogP contribution in [-0.4, -0.2) is 20.0 Å². The van der Waals surface area contributed by atoms with Crippen LogP contribution in [0.3, 0.4) is 0 Å². The third kappa shape index (κ3) is 3.05. The molecule has 0 radical (unpaired) electrons. The lowest BCUT2D eigenvalue weighted by Crippen LogP contribution is -2.00. The average Bonchev–Trinajstić information content (AvgIpc) is 3.24. The van der Waals surface area contributed by atoms with E-state index in [1.165, 1.54) is 21.9 Å².